The van der Waals surface area contributed by atoms with Gasteiger partial charge in [-0.05, 0) is 171 Å². The molecule has 16 rings (SSSR count). The number of allylic oxidation sites excluding steroid dienone is 10. The SMILES string of the molecule is [C-]#[N+]c1ccc(N(C2=C3C=CC4=C5C(=CC=C(C=C2)C35)C(N(c2ccc(C#N)cc2)c2ccc(-c3cccc5ccccc35)cc2-c2cccc3ccccc23)C=C4)c2ccc(-c3cccc4ccccc34)cc2-c2cccc3ccccc23)cc1. The Kier molecular flexibility index (Phi) is 12.1. The average molecular weight is 1090 g/mol. The van der Waals surface area contributed by atoms with Crippen molar-refractivity contribution >= 4 is 71.5 Å². The van der Waals surface area contributed by atoms with Crippen LogP contribution in [-0.2, 0) is 0 Å². The van der Waals surface area contributed by atoms with Crippen LogP contribution >= 0.6 is 0 Å². The maximum atomic E-state index is 10.2. The zero-order chi connectivity index (χ0) is 57.2. The van der Waals surface area contributed by atoms with E-state index in [4.69, 9.17) is 6.57 Å². The second-order valence-electron chi connectivity index (χ2n) is 22.5. The molecule has 12 aromatic rings. The monoisotopic (exact) mass is 1090 g/mol. The van der Waals surface area contributed by atoms with E-state index in [0.29, 0.717) is 11.3 Å². The van der Waals surface area contributed by atoms with E-state index in [1.165, 1.54) is 82.1 Å². The number of hydrogen-bond donors (Lipinski definition) is 0. The Hall–Kier alpha value is -11.6. The highest BCUT2D eigenvalue weighted by Crippen LogP contribution is 2.54. The van der Waals surface area contributed by atoms with Gasteiger partial charge in [-0.2, -0.15) is 5.26 Å². The van der Waals surface area contributed by atoms with Crippen molar-refractivity contribution in [2.45, 2.75) is 6.04 Å². The largest absolute Gasteiger partial charge is 0.330 e. The molecule has 0 N–H and O–H groups in total. The van der Waals surface area contributed by atoms with Gasteiger partial charge in [-0.3, -0.25) is 0 Å². The maximum Gasteiger partial charge on any atom is 0.187 e. The molecule has 0 aliphatic heterocycles. The molecule has 0 spiro atoms. The van der Waals surface area contributed by atoms with Crippen molar-refractivity contribution in [3.63, 3.8) is 0 Å². The first-order valence-corrected chi connectivity index (χ1v) is 29.3. The Morgan fingerprint density at radius 3 is 1.48 bits per heavy atom. The van der Waals surface area contributed by atoms with Gasteiger partial charge in [0.2, 0.25) is 0 Å². The summed E-state index contributed by atoms with van der Waals surface area (Å²) in [7, 11) is 0. The van der Waals surface area contributed by atoms with Gasteiger partial charge in [0.05, 0.1) is 35.6 Å². The summed E-state index contributed by atoms with van der Waals surface area (Å²) in [6.45, 7) is 8.00. The van der Waals surface area contributed by atoms with Gasteiger partial charge in [0.1, 0.15) is 0 Å². The van der Waals surface area contributed by atoms with Gasteiger partial charge >= 0.3 is 0 Å². The van der Waals surface area contributed by atoms with Crippen LogP contribution in [0.1, 0.15) is 5.56 Å². The lowest BCUT2D eigenvalue weighted by atomic mass is 9.67. The van der Waals surface area contributed by atoms with Gasteiger partial charge in [0.25, 0.3) is 0 Å². The minimum atomic E-state index is -0.254. The minimum absolute atomic E-state index is 0.0995. The highest BCUT2D eigenvalue weighted by molar-refractivity contribution is 6.06. The van der Waals surface area contributed by atoms with Crippen LogP contribution in [0.3, 0.4) is 0 Å². The minimum Gasteiger partial charge on any atom is -0.330 e. The summed E-state index contributed by atoms with van der Waals surface area (Å²) in [5, 5.41) is 19.7. The fourth-order valence-corrected chi connectivity index (χ4v) is 13.9. The van der Waals surface area contributed by atoms with E-state index < -0.39 is 0 Å². The van der Waals surface area contributed by atoms with Crippen LogP contribution in [0.5, 0.6) is 0 Å². The number of anilines is 4. The zero-order valence-electron chi connectivity index (χ0n) is 46.8. The molecular formula is C82H52N4. The molecule has 2 unspecified atom stereocenters. The fraction of sp³-hybridized carbons (Fsp3) is 0.0244. The lowest BCUT2D eigenvalue weighted by molar-refractivity contribution is 0.773. The molecule has 4 aliphatic carbocycles. The van der Waals surface area contributed by atoms with Gasteiger partial charge in [0.15, 0.2) is 5.69 Å². The second-order valence-corrected chi connectivity index (χ2v) is 22.5. The van der Waals surface area contributed by atoms with Crippen molar-refractivity contribution in [2.75, 3.05) is 9.80 Å². The Morgan fingerprint density at radius 1 is 0.419 bits per heavy atom. The molecule has 12 aromatic carbocycles. The third kappa shape index (κ3) is 8.35. The van der Waals surface area contributed by atoms with E-state index >= 15 is 0 Å². The smallest absolute Gasteiger partial charge is 0.187 e. The van der Waals surface area contributed by atoms with Crippen molar-refractivity contribution in [3.8, 4) is 50.6 Å². The summed E-state index contributed by atoms with van der Waals surface area (Å²) < 4.78 is 0. The number of nitrogens with zero attached hydrogens (tertiary/aromatic N) is 4. The molecule has 0 radical (unpaired) electrons. The molecule has 86 heavy (non-hydrogen) atoms. The number of benzene rings is 12. The van der Waals surface area contributed by atoms with Gasteiger partial charge in [0, 0.05) is 34.1 Å². The molecular weight excluding hydrogens is 1040 g/mol. The van der Waals surface area contributed by atoms with Gasteiger partial charge in [-0.15, -0.1) is 0 Å². The van der Waals surface area contributed by atoms with E-state index in [1.54, 1.807) is 0 Å². The molecule has 0 bridgehead atoms. The quantitative estimate of drug-likeness (QED) is 0.128. The molecule has 4 nitrogen and oxygen atoms in total. The van der Waals surface area contributed by atoms with Crippen LogP contribution in [-0.4, -0.2) is 6.04 Å². The molecule has 4 aliphatic rings. The highest BCUT2D eigenvalue weighted by Gasteiger charge is 2.41. The van der Waals surface area contributed by atoms with Crippen molar-refractivity contribution in [1.29, 1.82) is 5.26 Å². The van der Waals surface area contributed by atoms with Crippen molar-refractivity contribution in [2.24, 2.45) is 5.92 Å². The summed E-state index contributed by atoms with van der Waals surface area (Å²) in [4.78, 5) is 8.78. The highest BCUT2D eigenvalue weighted by atomic mass is 15.2. The molecule has 0 saturated heterocycles. The predicted molar refractivity (Wildman–Crippen MR) is 358 cm³/mol. The first kappa shape index (κ1) is 50.2. The fourth-order valence-electron chi connectivity index (χ4n) is 13.9. The average Bonchev–Trinajstić information content (AvgIpc) is 0.804. The van der Waals surface area contributed by atoms with Crippen LogP contribution in [0.15, 0.2) is 337 Å². The van der Waals surface area contributed by atoms with Crippen LogP contribution in [0.4, 0.5) is 28.4 Å². The summed E-state index contributed by atoms with van der Waals surface area (Å²) in [6.07, 6.45) is 18.7. The van der Waals surface area contributed by atoms with E-state index in [2.05, 4.69) is 300 Å². The number of fused-ring (bicyclic) bond motifs is 4. The van der Waals surface area contributed by atoms with Crippen molar-refractivity contribution in [1.82, 2.24) is 0 Å². The Morgan fingerprint density at radius 2 is 0.919 bits per heavy atom. The topological polar surface area (TPSA) is 34.6 Å². The molecule has 0 fully saturated rings. The molecule has 400 valence electrons. The van der Waals surface area contributed by atoms with E-state index in [0.717, 1.165) is 61.8 Å². The predicted octanol–water partition coefficient (Wildman–Crippen LogP) is 21.5. The van der Waals surface area contributed by atoms with Gasteiger partial charge < -0.3 is 9.80 Å². The summed E-state index contributed by atoms with van der Waals surface area (Å²) in [6, 6.07) is 93.4. The lowest BCUT2D eigenvalue weighted by Gasteiger charge is -2.44. The van der Waals surface area contributed by atoms with Crippen molar-refractivity contribution in [3.05, 3.63) is 354 Å². The van der Waals surface area contributed by atoms with Crippen LogP contribution in [0.25, 0.3) is 92.4 Å². The Labute approximate surface area is 500 Å². The van der Waals surface area contributed by atoms with Crippen LogP contribution in [0.2, 0.25) is 0 Å². The van der Waals surface area contributed by atoms with E-state index in [9.17, 15) is 5.26 Å². The zero-order valence-corrected chi connectivity index (χ0v) is 46.8. The molecule has 2 atom stereocenters. The number of rotatable bonds is 10. The summed E-state index contributed by atoms with van der Waals surface area (Å²) in [5.74, 6) is -0.0995. The first-order chi connectivity index (χ1) is 42.6. The molecule has 4 heteroatoms. The van der Waals surface area contributed by atoms with Crippen LogP contribution < -0.4 is 9.80 Å². The first-order valence-electron chi connectivity index (χ1n) is 29.3. The maximum absolute atomic E-state index is 10.2. The number of hydrogen-bond acceptors (Lipinski definition) is 3. The molecule has 0 aromatic heterocycles. The normalized spacial score (nSPS) is 15.6. The van der Waals surface area contributed by atoms with E-state index in [1.807, 2.05) is 24.3 Å². The standard InChI is InChI=1S/C82H52N4/c1-84-62-38-42-64(43-39-62)86(80-49-37-61(70-27-11-19-55-15-3-7-23-66(55)70)51-76(80)72-29-13-21-57-17-5-9-25-68(57)72)78-47-35-59-32-44-73-77(46-34-58-33-45-74(78)82(59)81(58)73)85(63-40-30-53(52-83)31-41-63)79-48-36-60(69-26-10-18-54-14-2-6-22-65(54)69)50-75(79)71-28-12-20-56-16-4-8-24-67(56)71/h2-51,77,82H. The van der Waals surface area contributed by atoms with Gasteiger partial charge in [-0.1, -0.05) is 237 Å². The Balaban J connectivity index is 0.883. The van der Waals surface area contributed by atoms with Crippen LogP contribution in [0, 0.1) is 23.8 Å². The summed E-state index contributed by atoms with van der Waals surface area (Å²) >= 11 is 0. The lowest BCUT2D eigenvalue weighted by Crippen LogP contribution is -2.37. The van der Waals surface area contributed by atoms with E-state index in [-0.39, 0.29) is 12.0 Å². The third-order valence-electron chi connectivity index (χ3n) is 17.8. The second kappa shape index (κ2) is 20.7. The Bertz CT molecular complexity index is 5120. The molecule has 0 heterocycles. The molecule has 0 amide bonds. The number of nitriles is 1. The molecule has 0 saturated carbocycles. The van der Waals surface area contributed by atoms with Crippen molar-refractivity contribution < 1.29 is 0 Å². The summed E-state index contributed by atoms with van der Waals surface area (Å²) in [5.41, 5.74) is 21.5. The third-order valence-corrected chi connectivity index (χ3v) is 17.8. The van der Waals surface area contributed by atoms with Gasteiger partial charge in [-0.25, -0.2) is 4.85 Å².